The molecule has 0 bridgehead atoms. The minimum Gasteiger partial charge on any atom is -0.494 e. The third-order valence-corrected chi connectivity index (χ3v) is 4.27. The molecule has 0 radical (unpaired) electrons. The van der Waals surface area contributed by atoms with Gasteiger partial charge in [-0.1, -0.05) is 0 Å². The van der Waals surface area contributed by atoms with Gasteiger partial charge in [-0.3, -0.25) is 4.90 Å². The second kappa shape index (κ2) is 8.15. The summed E-state index contributed by atoms with van der Waals surface area (Å²) in [4.78, 5) is 17.0. The van der Waals surface area contributed by atoms with Crippen molar-refractivity contribution in [3.05, 3.63) is 30.0 Å². The summed E-state index contributed by atoms with van der Waals surface area (Å²) in [6.07, 6.45) is 0. The van der Waals surface area contributed by atoms with Gasteiger partial charge >= 0.3 is 5.97 Å². The van der Waals surface area contributed by atoms with Crippen LogP contribution >= 0.6 is 0 Å². The number of piperazine rings is 1. The molecule has 0 aliphatic carbocycles. The van der Waals surface area contributed by atoms with Crippen molar-refractivity contribution in [1.82, 2.24) is 19.9 Å². The van der Waals surface area contributed by atoms with E-state index in [0.29, 0.717) is 37.7 Å². The van der Waals surface area contributed by atoms with Gasteiger partial charge in [-0.25, -0.2) is 4.79 Å². The molecule has 140 valence electrons. The molecule has 2 heterocycles. The minimum atomic E-state index is -1.10. The highest BCUT2D eigenvalue weighted by molar-refractivity contribution is 5.91. The van der Waals surface area contributed by atoms with Crippen molar-refractivity contribution in [2.75, 3.05) is 50.8 Å². The van der Waals surface area contributed by atoms with Crippen LogP contribution in [0.5, 0.6) is 5.75 Å². The molecule has 26 heavy (non-hydrogen) atoms. The van der Waals surface area contributed by atoms with Gasteiger partial charge in [0.15, 0.2) is 5.82 Å². The Hall–Kier alpha value is -2.65. The molecule has 2 aromatic rings. The molecular formula is C17H23N5O4. The Morgan fingerprint density at radius 1 is 1.15 bits per heavy atom. The summed E-state index contributed by atoms with van der Waals surface area (Å²) in [5, 5.41) is 27.1. The summed E-state index contributed by atoms with van der Waals surface area (Å²) in [7, 11) is 0. The average Bonchev–Trinajstić information content (AvgIpc) is 3.09. The second-order valence-electron chi connectivity index (χ2n) is 5.95. The van der Waals surface area contributed by atoms with Gasteiger partial charge in [0.05, 0.1) is 18.9 Å². The van der Waals surface area contributed by atoms with E-state index < -0.39 is 5.97 Å². The molecule has 0 spiro atoms. The Labute approximate surface area is 151 Å². The monoisotopic (exact) mass is 361 g/mol. The average molecular weight is 361 g/mol. The number of hydrogen-bond donors (Lipinski definition) is 2. The van der Waals surface area contributed by atoms with E-state index >= 15 is 0 Å². The number of carboxylic acids is 1. The zero-order valence-corrected chi connectivity index (χ0v) is 14.7. The van der Waals surface area contributed by atoms with Gasteiger partial charge in [0.2, 0.25) is 5.69 Å². The fourth-order valence-corrected chi connectivity index (χ4v) is 2.93. The van der Waals surface area contributed by atoms with Gasteiger partial charge in [0.25, 0.3) is 0 Å². The predicted molar refractivity (Wildman–Crippen MR) is 95.2 cm³/mol. The first-order valence-electron chi connectivity index (χ1n) is 8.64. The SMILES string of the molecule is CCOc1ccc(-n2nc(C(=O)O)c(N3CCN(CCO)CC3)n2)cc1. The summed E-state index contributed by atoms with van der Waals surface area (Å²) in [5.74, 6) is 0.00657. The summed E-state index contributed by atoms with van der Waals surface area (Å²) >= 11 is 0. The minimum absolute atomic E-state index is 0.0607. The first-order chi connectivity index (χ1) is 12.6. The standard InChI is InChI=1S/C17H23N5O4/c1-2-26-14-5-3-13(4-6-14)22-18-15(17(24)25)16(19-22)21-9-7-20(8-10-21)11-12-23/h3-6,23H,2,7-12H2,1H3,(H,24,25). The van der Waals surface area contributed by atoms with E-state index in [2.05, 4.69) is 15.1 Å². The summed E-state index contributed by atoms with van der Waals surface area (Å²) in [6.45, 7) is 6.01. The molecule has 1 aliphatic rings. The third kappa shape index (κ3) is 3.94. The Balaban J connectivity index is 1.81. The molecule has 1 aromatic heterocycles. The number of aliphatic hydroxyl groups excluding tert-OH is 1. The highest BCUT2D eigenvalue weighted by atomic mass is 16.5. The van der Waals surface area contributed by atoms with Gasteiger partial charge in [0.1, 0.15) is 5.75 Å². The smallest absolute Gasteiger partial charge is 0.360 e. The van der Waals surface area contributed by atoms with Crippen molar-refractivity contribution in [1.29, 1.82) is 0 Å². The Morgan fingerprint density at radius 3 is 2.42 bits per heavy atom. The number of carbonyl (C=O) groups is 1. The van der Waals surface area contributed by atoms with Gasteiger partial charge in [-0.05, 0) is 31.2 Å². The number of rotatable bonds is 7. The number of benzene rings is 1. The highest BCUT2D eigenvalue weighted by Gasteiger charge is 2.26. The summed E-state index contributed by atoms with van der Waals surface area (Å²) in [6, 6.07) is 7.19. The number of hydrogen-bond acceptors (Lipinski definition) is 7. The molecule has 0 amide bonds. The molecule has 2 N–H and O–H groups in total. The summed E-state index contributed by atoms with van der Waals surface area (Å²) in [5.41, 5.74) is 0.607. The van der Waals surface area contributed by atoms with E-state index in [9.17, 15) is 9.90 Å². The molecule has 1 aromatic carbocycles. The van der Waals surface area contributed by atoms with Crippen LogP contribution in [0.4, 0.5) is 5.82 Å². The largest absolute Gasteiger partial charge is 0.494 e. The molecule has 0 unspecified atom stereocenters. The molecule has 1 aliphatic heterocycles. The quantitative estimate of drug-likeness (QED) is 0.734. The van der Waals surface area contributed by atoms with Gasteiger partial charge in [-0.15, -0.1) is 15.0 Å². The molecule has 9 nitrogen and oxygen atoms in total. The predicted octanol–water partition coefficient (Wildman–Crippen LogP) is 0.478. The summed E-state index contributed by atoms with van der Waals surface area (Å²) < 4.78 is 5.41. The fraction of sp³-hybridized carbons (Fsp3) is 0.471. The molecular weight excluding hydrogens is 338 g/mol. The molecule has 3 rings (SSSR count). The van der Waals surface area contributed by atoms with Gasteiger partial charge in [0, 0.05) is 32.7 Å². The van der Waals surface area contributed by atoms with Crippen molar-refractivity contribution >= 4 is 11.8 Å². The first-order valence-corrected chi connectivity index (χ1v) is 8.64. The lowest BCUT2D eigenvalue weighted by atomic mass is 10.3. The van der Waals surface area contributed by atoms with Crippen LogP contribution in [0.3, 0.4) is 0 Å². The zero-order chi connectivity index (χ0) is 18.5. The van der Waals surface area contributed by atoms with Gasteiger partial charge in [-0.2, -0.15) is 0 Å². The van der Waals surface area contributed by atoms with Crippen molar-refractivity contribution in [3.63, 3.8) is 0 Å². The molecule has 1 saturated heterocycles. The molecule has 0 saturated carbocycles. The maximum absolute atomic E-state index is 11.6. The van der Waals surface area contributed by atoms with Crippen LogP contribution in [0.25, 0.3) is 5.69 Å². The Morgan fingerprint density at radius 2 is 1.85 bits per heavy atom. The first kappa shape index (κ1) is 18.2. The van der Waals surface area contributed by atoms with Crippen LogP contribution < -0.4 is 9.64 Å². The van der Waals surface area contributed by atoms with E-state index in [1.807, 2.05) is 11.8 Å². The number of carboxylic acid groups (broad SMARTS) is 1. The van der Waals surface area contributed by atoms with Crippen LogP contribution in [0, 0.1) is 0 Å². The number of aliphatic hydroxyl groups is 1. The molecule has 9 heteroatoms. The topological polar surface area (TPSA) is 104 Å². The molecule has 0 atom stereocenters. The van der Waals surface area contributed by atoms with E-state index in [4.69, 9.17) is 9.84 Å². The van der Waals surface area contributed by atoms with Crippen molar-refractivity contribution in [2.24, 2.45) is 0 Å². The second-order valence-corrected chi connectivity index (χ2v) is 5.95. The normalized spacial score (nSPS) is 15.2. The lowest BCUT2D eigenvalue weighted by Gasteiger charge is -2.34. The van der Waals surface area contributed by atoms with Crippen molar-refractivity contribution in [2.45, 2.75) is 6.92 Å². The van der Waals surface area contributed by atoms with Crippen LogP contribution in [0.15, 0.2) is 24.3 Å². The van der Waals surface area contributed by atoms with Crippen molar-refractivity contribution < 1.29 is 19.7 Å². The lowest BCUT2D eigenvalue weighted by Crippen LogP contribution is -2.47. The van der Waals surface area contributed by atoms with Crippen molar-refractivity contribution in [3.8, 4) is 11.4 Å². The number of nitrogens with zero attached hydrogens (tertiary/aromatic N) is 5. The maximum atomic E-state index is 11.6. The van der Waals surface area contributed by atoms with Crippen LogP contribution in [0.1, 0.15) is 17.4 Å². The van der Waals surface area contributed by atoms with E-state index in [-0.39, 0.29) is 12.3 Å². The highest BCUT2D eigenvalue weighted by Crippen LogP contribution is 2.21. The fourth-order valence-electron chi connectivity index (χ4n) is 2.93. The van der Waals surface area contributed by atoms with Crippen LogP contribution in [0.2, 0.25) is 0 Å². The molecule has 1 fully saturated rings. The Kier molecular flexibility index (Phi) is 5.69. The lowest BCUT2D eigenvalue weighted by molar-refractivity contribution is 0.0690. The Bertz CT molecular complexity index is 738. The van der Waals surface area contributed by atoms with Crippen LogP contribution in [-0.2, 0) is 0 Å². The zero-order valence-electron chi connectivity index (χ0n) is 14.7. The number of ether oxygens (including phenoxy) is 1. The number of aromatic nitrogens is 3. The number of anilines is 1. The van der Waals surface area contributed by atoms with Gasteiger partial charge < -0.3 is 19.8 Å². The van der Waals surface area contributed by atoms with Crippen LogP contribution in [-0.4, -0.2) is 82.0 Å². The number of β-amino-alcohol motifs (C(OH)–C–C–N with tert-alkyl or cyclic N) is 1. The third-order valence-electron chi connectivity index (χ3n) is 4.27. The number of aromatic carboxylic acids is 1. The van der Waals surface area contributed by atoms with E-state index in [0.717, 1.165) is 18.8 Å². The maximum Gasteiger partial charge on any atom is 0.360 e. The van der Waals surface area contributed by atoms with E-state index in [1.165, 1.54) is 4.80 Å². The van der Waals surface area contributed by atoms with E-state index in [1.54, 1.807) is 24.3 Å².